The Bertz CT molecular complexity index is 586. The smallest absolute Gasteiger partial charge is 0.314 e. The Morgan fingerprint density at radius 3 is 2.94 bits per heavy atom. The van der Waals surface area contributed by atoms with E-state index in [0.717, 1.165) is 0 Å². The van der Waals surface area contributed by atoms with E-state index in [-0.39, 0.29) is 12.8 Å². The highest BCUT2D eigenvalue weighted by Crippen LogP contribution is 2.43. The molecule has 0 bridgehead atoms. The Kier molecular flexibility index (Phi) is 1.97. The van der Waals surface area contributed by atoms with Gasteiger partial charge in [-0.25, -0.2) is 9.50 Å². The molecule has 0 radical (unpaired) electrons. The Morgan fingerprint density at radius 1 is 1.53 bits per heavy atom. The third-order valence-corrected chi connectivity index (χ3v) is 3.38. The number of carboxylic acid groups (broad SMARTS) is 1. The zero-order valence-corrected chi connectivity index (χ0v) is 8.95. The molecule has 0 amide bonds. The van der Waals surface area contributed by atoms with E-state index in [4.69, 9.17) is 0 Å². The molecule has 0 aromatic carbocycles. The van der Waals surface area contributed by atoms with Crippen molar-refractivity contribution >= 4 is 11.6 Å². The van der Waals surface area contributed by atoms with Gasteiger partial charge in [0, 0.05) is 24.0 Å². The standard InChI is InChI=1S/C11H11N3O3/c15-8-3-11(4-8,10(16)17)7-5-12-9-1-2-13-14(9)6-7/h1-2,5-6,8,15H,3-4H2,(H,16,17). The van der Waals surface area contributed by atoms with Gasteiger partial charge in [-0.1, -0.05) is 0 Å². The Morgan fingerprint density at radius 2 is 2.29 bits per heavy atom. The molecule has 0 atom stereocenters. The van der Waals surface area contributed by atoms with Crippen LogP contribution in [0.25, 0.3) is 5.65 Å². The van der Waals surface area contributed by atoms with Gasteiger partial charge in [-0.15, -0.1) is 0 Å². The van der Waals surface area contributed by atoms with Crippen molar-refractivity contribution in [3.05, 3.63) is 30.2 Å². The quantitative estimate of drug-likeness (QED) is 0.774. The van der Waals surface area contributed by atoms with Crippen molar-refractivity contribution in [2.45, 2.75) is 24.4 Å². The van der Waals surface area contributed by atoms with E-state index >= 15 is 0 Å². The number of hydrogen-bond acceptors (Lipinski definition) is 4. The first-order chi connectivity index (χ1) is 8.12. The van der Waals surface area contributed by atoms with Crippen molar-refractivity contribution in [2.75, 3.05) is 0 Å². The fraction of sp³-hybridized carbons (Fsp3) is 0.364. The second-order valence-corrected chi connectivity index (χ2v) is 4.43. The third kappa shape index (κ3) is 1.34. The number of aliphatic hydroxyl groups is 1. The first-order valence-electron chi connectivity index (χ1n) is 5.33. The van der Waals surface area contributed by atoms with Gasteiger partial charge in [0.1, 0.15) is 5.41 Å². The van der Waals surface area contributed by atoms with E-state index in [1.807, 2.05) is 0 Å². The monoisotopic (exact) mass is 233 g/mol. The van der Waals surface area contributed by atoms with Crippen LogP contribution >= 0.6 is 0 Å². The van der Waals surface area contributed by atoms with Crippen LogP contribution in [-0.4, -0.2) is 36.9 Å². The van der Waals surface area contributed by atoms with Gasteiger partial charge in [0.25, 0.3) is 0 Å². The topological polar surface area (TPSA) is 87.7 Å². The predicted octanol–water partition coefficient (Wildman–Crippen LogP) is 0.206. The van der Waals surface area contributed by atoms with E-state index in [1.165, 1.54) is 0 Å². The van der Waals surface area contributed by atoms with Crippen LogP contribution in [0, 0.1) is 0 Å². The summed E-state index contributed by atoms with van der Waals surface area (Å²) in [5, 5.41) is 22.7. The summed E-state index contributed by atoms with van der Waals surface area (Å²) < 4.78 is 1.55. The summed E-state index contributed by atoms with van der Waals surface area (Å²) >= 11 is 0. The van der Waals surface area contributed by atoms with E-state index in [1.54, 1.807) is 29.2 Å². The molecule has 0 saturated heterocycles. The number of nitrogens with zero attached hydrogens (tertiary/aromatic N) is 3. The fourth-order valence-corrected chi connectivity index (χ4v) is 2.34. The summed E-state index contributed by atoms with van der Waals surface area (Å²) in [5.41, 5.74) is 0.257. The van der Waals surface area contributed by atoms with E-state index in [0.29, 0.717) is 11.2 Å². The molecule has 2 heterocycles. The molecule has 1 aliphatic carbocycles. The van der Waals surface area contributed by atoms with Crippen molar-refractivity contribution in [3.63, 3.8) is 0 Å². The van der Waals surface area contributed by atoms with Crippen LogP contribution in [0.4, 0.5) is 0 Å². The molecule has 2 N–H and O–H groups in total. The zero-order chi connectivity index (χ0) is 12.0. The number of hydrogen-bond donors (Lipinski definition) is 2. The second-order valence-electron chi connectivity index (χ2n) is 4.43. The van der Waals surface area contributed by atoms with Crippen molar-refractivity contribution in [1.29, 1.82) is 0 Å². The molecule has 2 aromatic heterocycles. The zero-order valence-electron chi connectivity index (χ0n) is 8.95. The molecule has 6 nitrogen and oxygen atoms in total. The van der Waals surface area contributed by atoms with Gasteiger partial charge in [-0.2, -0.15) is 5.10 Å². The minimum Gasteiger partial charge on any atom is -0.481 e. The molecular weight excluding hydrogens is 222 g/mol. The Labute approximate surface area is 96.5 Å². The lowest BCUT2D eigenvalue weighted by Gasteiger charge is -2.41. The predicted molar refractivity (Wildman–Crippen MR) is 57.5 cm³/mol. The molecule has 1 saturated carbocycles. The van der Waals surface area contributed by atoms with Crippen LogP contribution in [0.1, 0.15) is 18.4 Å². The Hall–Kier alpha value is -1.95. The van der Waals surface area contributed by atoms with Gasteiger partial charge in [0.05, 0.1) is 12.3 Å². The van der Waals surface area contributed by atoms with Gasteiger partial charge in [0.15, 0.2) is 5.65 Å². The molecule has 17 heavy (non-hydrogen) atoms. The molecular formula is C11H11N3O3. The van der Waals surface area contributed by atoms with Crippen LogP contribution in [0.15, 0.2) is 24.7 Å². The van der Waals surface area contributed by atoms with Crippen molar-refractivity contribution in [1.82, 2.24) is 14.6 Å². The summed E-state index contributed by atoms with van der Waals surface area (Å²) in [6, 6.07) is 1.74. The van der Waals surface area contributed by atoms with Crippen LogP contribution in [-0.2, 0) is 10.2 Å². The Balaban J connectivity index is 2.09. The SMILES string of the molecule is O=C(O)C1(c2cnc3ccnn3c2)CC(O)C1. The summed E-state index contributed by atoms with van der Waals surface area (Å²) in [7, 11) is 0. The highest BCUT2D eigenvalue weighted by Gasteiger charge is 2.51. The highest BCUT2D eigenvalue weighted by molar-refractivity contribution is 5.82. The molecule has 0 aliphatic heterocycles. The van der Waals surface area contributed by atoms with Crippen molar-refractivity contribution in [2.24, 2.45) is 0 Å². The lowest BCUT2D eigenvalue weighted by Crippen LogP contribution is -2.50. The van der Waals surface area contributed by atoms with E-state index in [2.05, 4.69) is 10.1 Å². The second kappa shape index (κ2) is 3.27. The fourth-order valence-electron chi connectivity index (χ4n) is 2.34. The first-order valence-corrected chi connectivity index (χ1v) is 5.33. The maximum atomic E-state index is 11.4. The average Bonchev–Trinajstić information content (AvgIpc) is 2.70. The molecule has 2 aromatic rings. The number of aliphatic hydroxyl groups excluding tert-OH is 1. The number of aliphatic carboxylic acids is 1. The molecule has 0 unspecified atom stereocenters. The van der Waals surface area contributed by atoms with Gasteiger partial charge < -0.3 is 10.2 Å². The van der Waals surface area contributed by atoms with E-state index in [9.17, 15) is 15.0 Å². The lowest BCUT2D eigenvalue weighted by atomic mass is 9.63. The van der Waals surface area contributed by atoms with E-state index < -0.39 is 17.5 Å². The third-order valence-electron chi connectivity index (χ3n) is 3.38. The number of fused-ring (bicyclic) bond motifs is 1. The maximum Gasteiger partial charge on any atom is 0.314 e. The number of rotatable bonds is 2. The van der Waals surface area contributed by atoms with Gasteiger partial charge in [-0.3, -0.25) is 4.79 Å². The molecule has 3 rings (SSSR count). The number of aromatic nitrogens is 3. The summed E-state index contributed by atoms with van der Waals surface area (Å²) in [5.74, 6) is -0.920. The molecule has 88 valence electrons. The first kappa shape index (κ1) is 10.2. The van der Waals surface area contributed by atoms with Gasteiger partial charge >= 0.3 is 5.97 Å². The van der Waals surface area contributed by atoms with Crippen LogP contribution in [0.5, 0.6) is 0 Å². The largest absolute Gasteiger partial charge is 0.481 e. The van der Waals surface area contributed by atoms with Crippen molar-refractivity contribution in [3.8, 4) is 0 Å². The maximum absolute atomic E-state index is 11.4. The average molecular weight is 233 g/mol. The number of carboxylic acids is 1. The highest BCUT2D eigenvalue weighted by atomic mass is 16.4. The number of carbonyl (C=O) groups is 1. The minimum absolute atomic E-state index is 0.233. The lowest BCUT2D eigenvalue weighted by molar-refractivity contribution is -0.153. The molecule has 1 aliphatic rings. The molecule has 6 heteroatoms. The summed E-state index contributed by atoms with van der Waals surface area (Å²) in [4.78, 5) is 15.5. The van der Waals surface area contributed by atoms with Gasteiger partial charge in [0.2, 0.25) is 0 Å². The summed E-state index contributed by atoms with van der Waals surface area (Å²) in [6.07, 6.45) is 4.75. The normalized spacial score (nSPS) is 27.9. The summed E-state index contributed by atoms with van der Waals surface area (Å²) in [6.45, 7) is 0. The minimum atomic E-state index is -1.01. The van der Waals surface area contributed by atoms with Crippen LogP contribution in [0.2, 0.25) is 0 Å². The van der Waals surface area contributed by atoms with Crippen LogP contribution < -0.4 is 0 Å². The van der Waals surface area contributed by atoms with Gasteiger partial charge in [-0.05, 0) is 12.8 Å². The van der Waals surface area contributed by atoms with Crippen LogP contribution in [0.3, 0.4) is 0 Å². The molecule has 0 spiro atoms. The molecule has 1 fully saturated rings. The van der Waals surface area contributed by atoms with Crippen molar-refractivity contribution < 1.29 is 15.0 Å².